The molecule has 1 aromatic heterocycles. The number of halogens is 4. The fraction of sp³-hybridized carbons (Fsp3) is 0.727. The maximum Gasteiger partial charge on any atom is 0.340 e. The van der Waals surface area contributed by atoms with Gasteiger partial charge in [-0.1, -0.05) is 6.92 Å². The molecule has 0 aliphatic rings. The van der Waals surface area contributed by atoms with E-state index in [4.69, 9.17) is 4.74 Å². The fourth-order valence-electron chi connectivity index (χ4n) is 1.12. The van der Waals surface area contributed by atoms with Crippen LogP contribution in [0.15, 0.2) is 0 Å². The van der Waals surface area contributed by atoms with Gasteiger partial charge in [-0.25, -0.2) is 8.78 Å². The van der Waals surface area contributed by atoms with Crippen molar-refractivity contribution in [2.24, 2.45) is 0 Å². The summed E-state index contributed by atoms with van der Waals surface area (Å²) in [5.74, 6) is -4.23. The monoisotopic (exact) mass is 312 g/mol. The summed E-state index contributed by atoms with van der Waals surface area (Å²) >= 11 is 0. The molecular formula is C11H16F4N4O2. The van der Waals surface area contributed by atoms with E-state index < -0.39 is 25.0 Å². The van der Waals surface area contributed by atoms with Crippen molar-refractivity contribution in [2.75, 3.05) is 25.1 Å². The lowest BCUT2D eigenvalue weighted by Gasteiger charge is -2.15. The Morgan fingerprint density at radius 2 is 1.71 bits per heavy atom. The molecule has 0 amide bonds. The first-order chi connectivity index (χ1) is 9.89. The molecule has 0 atom stereocenters. The maximum absolute atomic E-state index is 12.8. The molecule has 0 spiro atoms. The van der Waals surface area contributed by atoms with Gasteiger partial charge in [-0.3, -0.25) is 0 Å². The molecule has 1 heterocycles. The van der Waals surface area contributed by atoms with Gasteiger partial charge in [-0.05, 0) is 13.3 Å². The summed E-state index contributed by atoms with van der Waals surface area (Å²) in [5.41, 5.74) is 0. The third kappa shape index (κ3) is 5.56. The van der Waals surface area contributed by atoms with Gasteiger partial charge in [-0.15, -0.1) is 4.98 Å². The van der Waals surface area contributed by atoms with Crippen LogP contribution in [0.2, 0.25) is 0 Å². The van der Waals surface area contributed by atoms with Crippen LogP contribution in [0.3, 0.4) is 0 Å². The second kappa shape index (κ2) is 7.79. The largest absolute Gasteiger partial charge is 0.463 e. The average Bonchev–Trinajstić information content (AvgIpc) is 2.43. The standard InChI is InChI=1S/C11H16F4N4O2/c1-3-5-20-9-17-8(16-4-2)18-10(19-9)21-6-11(14,15)7(12)13/h7H,3-6H2,1-2H3,(H,16,17,18,19). The van der Waals surface area contributed by atoms with E-state index in [1.807, 2.05) is 6.92 Å². The van der Waals surface area contributed by atoms with Crippen molar-refractivity contribution in [1.82, 2.24) is 15.0 Å². The Balaban J connectivity index is 2.82. The number of hydrogen-bond donors (Lipinski definition) is 1. The second-order valence-corrected chi connectivity index (χ2v) is 3.95. The predicted octanol–water partition coefficient (Wildman–Crippen LogP) is 2.37. The minimum Gasteiger partial charge on any atom is -0.463 e. The summed E-state index contributed by atoms with van der Waals surface area (Å²) in [4.78, 5) is 11.2. The summed E-state index contributed by atoms with van der Waals surface area (Å²) in [6, 6.07) is -0.634. The van der Waals surface area contributed by atoms with Crippen LogP contribution in [0.5, 0.6) is 12.0 Å². The van der Waals surface area contributed by atoms with Crippen LogP contribution >= 0.6 is 0 Å². The Morgan fingerprint density at radius 3 is 2.24 bits per heavy atom. The Morgan fingerprint density at radius 1 is 1.10 bits per heavy atom. The lowest BCUT2D eigenvalue weighted by atomic mass is 10.4. The highest BCUT2D eigenvalue weighted by molar-refractivity contribution is 5.27. The number of aromatic nitrogens is 3. The molecule has 1 aromatic rings. The fourth-order valence-corrected chi connectivity index (χ4v) is 1.12. The first-order valence-corrected chi connectivity index (χ1v) is 6.30. The number of anilines is 1. The molecular weight excluding hydrogens is 296 g/mol. The van der Waals surface area contributed by atoms with Crippen LogP contribution in [0.1, 0.15) is 20.3 Å². The molecule has 1 rings (SSSR count). The highest BCUT2D eigenvalue weighted by atomic mass is 19.3. The van der Waals surface area contributed by atoms with Crippen LogP contribution in [0.25, 0.3) is 0 Å². The molecule has 10 heteroatoms. The average molecular weight is 312 g/mol. The van der Waals surface area contributed by atoms with Gasteiger partial charge < -0.3 is 14.8 Å². The molecule has 0 aliphatic heterocycles. The molecule has 0 bridgehead atoms. The number of nitrogens with zero attached hydrogens (tertiary/aromatic N) is 3. The molecule has 120 valence electrons. The van der Waals surface area contributed by atoms with E-state index in [2.05, 4.69) is 25.0 Å². The Labute approximate surface area is 118 Å². The summed E-state index contributed by atoms with van der Waals surface area (Å²) in [6.45, 7) is 2.86. The van der Waals surface area contributed by atoms with Crippen molar-refractivity contribution in [2.45, 2.75) is 32.6 Å². The van der Waals surface area contributed by atoms with Crippen molar-refractivity contribution in [3.05, 3.63) is 0 Å². The van der Waals surface area contributed by atoms with E-state index in [0.717, 1.165) is 0 Å². The summed E-state index contributed by atoms with van der Waals surface area (Å²) < 4.78 is 59.3. The van der Waals surface area contributed by atoms with Crippen LogP contribution in [-0.2, 0) is 0 Å². The molecule has 0 aromatic carbocycles. The Bertz CT molecular complexity index is 448. The quantitative estimate of drug-likeness (QED) is 0.706. The third-order valence-corrected chi connectivity index (χ3v) is 2.08. The van der Waals surface area contributed by atoms with Gasteiger partial charge >= 0.3 is 24.4 Å². The molecule has 0 fully saturated rings. The first kappa shape index (κ1) is 17.2. The number of ether oxygens (including phenoxy) is 2. The summed E-state index contributed by atoms with van der Waals surface area (Å²) in [7, 11) is 0. The van der Waals surface area contributed by atoms with Gasteiger partial charge in [0.25, 0.3) is 0 Å². The normalized spacial score (nSPS) is 11.6. The van der Waals surface area contributed by atoms with Gasteiger partial charge in [0, 0.05) is 6.54 Å². The lowest BCUT2D eigenvalue weighted by molar-refractivity contribution is -0.149. The predicted molar refractivity (Wildman–Crippen MR) is 66.2 cm³/mol. The lowest BCUT2D eigenvalue weighted by Crippen LogP contribution is -2.34. The zero-order valence-corrected chi connectivity index (χ0v) is 11.6. The topological polar surface area (TPSA) is 69.2 Å². The van der Waals surface area contributed by atoms with E-state index in [-0.39, 0.29) is 12.0 Å². The molecule has 0 saturated heterocycles. The highest BCUT2D eigenvalue weighted by Gasteiger charge is 2.42. The molecule has 21 heavy (non-hydrogen) atoms. The van der Waals surface area contributed by atoms with Crippen LogP contribution in [-0.4, -0.2) is 47.1 Å². The first-order valence-electron chi connectivity index (χ1n) is 6.30. The van der Waals surface area contributed by atoms with Crippen molar-refractivity contribution in [3.63, 3.8) is 0 Å². The van der Waals surface area contributed by atoms with Crippen molar-refractivity contribution in [1.29, 1.82) is 0 Å². The van der Waals surface area contributed by atoms with E-state index in [0.29, 0.717) is 19.6 Å². The van der Waals surface area contributed by atoms with Gasteiger partial charge in [-0.2, -0.15) is 18.7 Å². The smallest absolute Gasteiger partial charge is 0.340 e. The molecule has 1 N–H and O–H groups in total. The highest BCUT2D eigenvalue weighted by Crippen LogP contribution is 2.24. The van der Waals surface area contributed by atoms with Crippen LogP contribution < -0.4 is 14.8 Å². The van der Waals surface area contributed by atoms with Gasteiger partial charge in [0.2, 0.25) is 5.95 Å². The molecule has 0 unspecified atom stereocenters. The van der Waals surface area contributed by atoms with E-state index in [1.54, 1.807) is 6.92 Å². The molecule has 0 radical (unpaired) electrons. The van der Waals surface area contributed by atoms with Gasteiger partial charge in [0.15, 0.2) is 6.61 Å². The summed E-state index contributed by atoms with van der Waals surface area (Å²) in [5, 5.41) is 2.73. The Hall–Kier alpha value is -1.87. The number of nitrogens with one attached hydrogen (secondary N) is 1. The van der Waals surface area contributed by atoms with Crippen LogP contribution in [0.4, 0.5) is 23.5 Å². The number of alkyl halides is 4. The zero-order valence-electron chi connectivity index (χ0n) is 11.6. The third-order valence-electron chi connectivity index (χ3n) is 2.08. The van der Waals surface area contributed by atoms with Gasteiger partial charge in [0.05, 0.1) is 6.61 Å². The second-order valence-electron chi connectivity index (χ2n) is 3.95. The number of hydrogen-bond acceptors (Lipinski definition) is 6. The Kier molecular flexibility index (Phi) is 6.38. The van der Waals surface area contributed by atoms with Crippen molar-refractivity contribution in [3.8, 4) is 12.0 Å². The minimum absolute atomic E-state index is 0.0500. The summed E-state index contributed by atoms with van der Waals surface area (Å²) in [6.07, 6.45) is -3.15. The molecule has 6 nitrogen and oxygen atoms in total. The molecule has 0 aliphatic carbocycles. The maximum atomic E-state index is 12.8. The van der Waals surface area contributed by atoms with E-state index >= 15 is 0 Å². The number of rotatable bonds is 9. The minimum atomic E-state index is -4.28. The van der Waals surface area contributed by atoms with Crippen LogP contribution in [0, 0.1) is 0 Å². The van der Waals surface area contributed by atoms with Gasteiger partial charge in [0.1, 0.15) is 0 Å². The molecule has 0 saturated carbocycles. The van der Waals surface area contributed by atoms with Crippen molar-refractivity contribution < 1.29 is 27.0 Å². The van der Waals surface area contributed by atoms with E-state index in [9.17, 15) is 17.6 Å². The van der Waals surface area contributed by atoms with Crippen molar-refractivity contribution >= 4 is 5.95 Å². The zero-order chi connectivity index (χ0) is 15.9. The van der Waals surface area contributed by atoms with E-state index in [1.165, 1.54) is 0 Å². The SMILES string of the molecule is CCCOc1nc(NCC)nc(OCC(F)(F)C(F)F)n1.